The number of aryl methyl sites for hydroxylation is 1. The van der Waals surface area contributed by atoms with Crippen LogP contribution in [-0.2, 0) is 0 Å². The Labute approximate surface area is 136 Å². The monoisotopic (exact) mass is 343 g/mol. The van der Waals surface area contributed by atoms with E-state index in [1.807, 2.05) is 5.32 Å². The normalized spacial score (nSPS) is 12.6. The van der Waals surface area contributed by atoms with E-state index < -0.39 is 18.1 Å². The molecule has 0 saturated heterocycles. The molecule has 1 aromatic carbocycles. The van der Waals surface area contributed by atoms with Crippen molar-refractivity contribution >= 4 is 5.91 Å². The number of carbonyl (C=O) groups is 1. The zero-order valence-corrected chi connectivity index (χ0v) is 13.2. The summed E-state index contributed by atoms with van der Waals surface area (Å²) in [7, 11) is 2.69. The lowest BCUT2D eigenvalue weighted by Gasteiger charge is -2.23. The summed E-state index contributed by atoms with van der Waals surface area (Å²) in [6.07, 6.45) is -3.45. The number of nitrogens with one attached hydrogen (secondary N) is 1. The predicted molar refractivity (Wildman–Crippen MR) is 79.3 cm³/mol. The fraction of sp³-hybridized carbons (Fsp3) is 0.312. The number of carbonyl (C=O) groups excluding carboxylic acids is 1. The van der Waals surface area contributed by atoms with Crippen LogP contribution in [-0.4, -0.2) is 26.3 Å². The molecule has 0 unspecified atom stereocenters. The molecule has 0 radical (unpaired) electrons. The summed E-state index contributed by atoms with van der Waals surface area (Å²) in [5.41, 5.74) is -0.126. The van der Waals surface area contributed by atoms with E-state index in [4.69, 9.17) is 13.9 Å². The molecule has 0 spiro atoms. The van der Waals surface area contributed by atoms with E-state index in [2.05, 4.69) is 0 Å². The Kier molecular flexibility index (Phi) is 5.06. The van der Waals surface area contributed by atoms with Crippen LogP contribution in [0.5, 0.6) is 11.5 Å². The molecule has 130 valence electrons. The van der Waals surface area contributed by atoms with Gasteiger partial charge >= 0.3 is 6.18 Å². The number of hydrogen-bond donors (Lipinski definition) is 1. The first-order valence-electron chi connectivity index (χ1n) is 6.91. The van der Waals surface area contributed by atoms with Crippen LogP contribution in [0.2, 0.25) is 0 Å². The third-order valence-electron chi connectivity index (χ3n) is 3.45. The minimum Gasteiger partial charge on any atom is -0.493 e. The highest BCUT2D eigenvalue weighted by atomic mass is 19.4. The average molecular weight is 343 g/mol. The highest BCUT2D eigenvalue weighted by Gasteiger charge is 2.42. The number of benzene rings is 1. The Hall–Kier alpha value is -2.64. The summed E-state index contributed by atoms with van der Waals surface area (Å²) in [4.78, 5) is 12.1. The minimum absolute atomic E-state index is 0.0460. The average Bonchev–Trinajstić information content (AvgIpc) is 2.96. The SMILES string of the molecule is COc1ccc([C@H](NC(=O)c2ccoc2C)C(F)(F)F)cc1OC. The van der Waals surface area contributed by atoms with Gasteiger partial charge in [0.15, 0.2) is 17.5 Å². The molecule has 0 aliphatic carbocycles. The van der Waals surface area contributed by atoms with Crippen molar-refractivity contribution in [3.8, 4) is 11.5 Å². The van der Waals surface area contributed by atoms with Gasteiger partial charge in [0.25, 0.3) is 5.91 Å². The van der Waals surface area contributed by atoms with Gasteiger partial charge in [-0.1, -0.05) is 6.07 Å². The lowest BCUT2D eigenvalue weighted by molar-refractivity contribution is -0.155. The van der Waals surface area contributed by atoms with E-state index in [-0.39, 0.29) is 22.6 Å². The van der Waals surface area contributed by atoms with Gasteiger partial charge in [0.2, 0.25) is 0 Å². The first-order chi connectivity index (χ1) is 11.3. The smallest absolute Gasteiger partial charge is 0.412 e. The summed E-state index contributed by atoms with van der Waals surface area (Å²) < 4.78 is 55.2. The highest BCUT2D eigenvalue weighted by Crippen LogP contribution is 2.37. The van der Waals surface area contributed by atoms with Gasteiger partial charge in [-0.25, -0.2) is 0 Å². The van der Waals surface area contributed by atoms with Crippen LogP contribution < -0.4 is 14.8 Å². The summed E-state index contributed by atoms with van der Waals surface area (Å²) in [5.74, 6) is -0.212. The summed E-state index contributed by atoms with van der Waals surface area (Å²) in [6.45, 7) is 1.49. The second kappa shape index (κ2) is 6.86. The van der Waals surface area contributed by atoms with Crippen molar-refractivity contribution in [3.05, 3.63) is 47.4 Å². The Balaban J connectivity index is 2.36. The fourth-order valence-electron chi connectivity index (χ4n) is 2.22. The molecule has 1 amide bonds. The summed E-state index contributed by atoms with van der Waals surface area (Å²) in [5, 5.41) is 1.98. The van der Waals surface area contributed by atoms with E-state index in [0.29, 0.717) is 5.75 Å². The maximum atomic E-state index is 13.4. The van der Waals surface area contributed by atoms with Crippen LogP contribution in [0.1, 0.15) is 27.7 Å². The molecule has 2 rings (SSSR count). The Morgan fingerprint density at radius 1 is 1.17 bits per heavy atom. The van der Waals surface area contributed by atoms with Gasteiger partial charge in [0, 0.05) is 0 Å². The van der Waals surface area contributed by atoms with E-state index in [9.17, 15) is 18.0 Å². The molecule has 1 aromatic heterocycles. The van der Waals surface area contributed by atoms with Gasteiger partial charge in [-0.3, -0.25) is 4.79 Å². The fourth-order valence-corrected chi connectivity index (χ4v) is 2.22. The molecule has 24 heavy (non-hydrogen) atoms. The van der Waals surface area contributed by atoms with E-state index in [1.54, 1.807) is 0 Å². The van der Waals surface area contributed by atoms with Crippen molar-refractivity contribution in [1.29, 1.82) is 0 Å². The molecule has 1 N–H and O–H groups in total. The molecular weight excluding hydrogens is 327 g/mol. The number of furan rings is 1. The van der Waals surface area contributed by atoms with Gasteiger partial charge in [-0.15, -0.1) is 0 Å². The predicted octanol–water partition coefficient (Wildman–Crippen LogP) is 3.64. The molecule has 0 saturated carbocycles. The Morgan fingerprint density at radius 3 is 2.33 bits per heavy atom. The van der Waals surface area contributed by atoms with Crippen molar-refractivity contribution in [2.24, 2.45) is 0 Å². The topological polar surface area (TPSA) is 60.7 Å². The van der Waals surface area contributed by atoms with Crippen LogP contribution in [0.25, 0.3) is 0 Å². The standard InChI is InChI=1S/C16H16F3NO4/c1-9-11(6-7-24-9)15(21)20-14(16(17,18)19)10-4-5-12(22-2)13(8-10)23-3/h4-8,14H,1-3H3,(H,20,21)/t14-/m0/s1. The van der Waals surface area contributed by atoms with Gasteiger partial charge in [-0.05, 0) is 30.7 Å². The minimum atomic E-state index is -4.69. The van der Waals surface area contributed by atoms with Gasteiger partial charge in [0.05, 0.1) is 26.0 Å². The molecular formula is C16H16F3NO4. The zero-order valence-electron chi connectivity index (χ0n) is 13.2. The summed E-state index contributed by atoms with van der Waals surface area (Å²) in [6, 6.07) is 2.87. The van der Waals surface area contributed by atoms with E-state index in [0.717, 1.165) is 0 Å². The number of alkyl halides is 3. The zero-order chi connectivity index (χ0) is 17.9. The first kappa shape index (κ1) is 17.7. The van der Waals surface area contributed by atoms with E-state index >= 15 is 0 Å². The maximum absolute atomic E-state index is 13.4. The highest BCUT2D eigenvalue weighted by molar-refractivity contribution is 5.95. The maximum Gasteiger partial charge on any atom is 0.412 e. The van der Waals surface area contributed by atoms with Crippen molar-refractivity contribution in [3.63, 3.8) is 0 Å². The number of methoxy groups -OCH3 is 2. The van der Waals surface area contributed by atoms with Crippen LogP contribution in [0.3, 0.4) is 0 Å². The number of halogens is 3. The van der Waals surface area contributed by atoms with Crippen LogP contribution >= 0.6 is 0 Å². The second-order valence-electron chi connectivity index (χ2n) is 4.95. The molecule has 2 aromatic rings. The molecule has 0 fully saturated rings. The van der Waals surface area contributed by atoms with E-state index in [1.165, 1.54) is 51.7 Å². The molecule has 1 atom stereocenters. The van der Waals surface area contributed by atoms with Crippen molar-refractivity contribution in [2.75, 3.05) is 14.2 Å². The third kappa shape index (κ3) is 3.64. The molecule has 0 bridgehead atoms. The Morgan fingerprint density at radius 2 is 1.83 bits per heavy atom. The number of amides is 1. The molecule has 8 heteroatoms. The molecule has 0 aliphatic rings. The molecule has 0 aliphatic heterocycles. The Bertz CT molecular complexity index is 724. The van der Waals surface area contributed by atoms with Crippen molar-refractivity contribution in [1.82, 2.24) is 5.32 Å². The molecule has 1 heterocycles. The van der Waals surface area contributed by atoms with Crippen LogP contribution in [0, 0.1) is 6.92 Å². The first-order valence-corrected chi connectivity index (χ1v) is 6.91. The second-order valence-corrected chi connectivity index (χ2v) is 4.95. The largest absolute Gasteiger partial charge is 0.493 e. The van der Waals surface area contributed by atoms with Crippen LogP contribution in [0.4, 0.5) is 13.2 Å². The van der Waals surface area contributed by atoms with Gasteiger partial charge in [-0.2, -0.15) is 13.2 Å². The van der Waals surface area contributed by atoms with Crippen LogP contribution in [0.15, 0.2) is 34.9 Å². The molecule has 5 nitrogen and oxygen atoms in total. The number of rotatable bonds is 5. The third-order valence-corrected chi connectivity index (χ3v) is 3.45. The number of ether oxygens (including phenoxy) is 2. The van der Waals surface area contributed by atoms with Gasteiger partial charge in [0.1, 0.15) is 5.76 Å². The van der Waals surface area contributed by atoms with Crippen molar-refractivity contribution < 1.29 is 31.9 Å². The quantitative estimate of drug-likeness (QED) is 0.900. The number of hydrogen-bond acceptors (Lipinski definition) is 4. The lowest BCUT2D eigenvalue weighted by Crippen LogP contribution is -2.38. The van der Waals surface area contributed by atoms with Crippen molar-refractivity contribution in [2.45, 2.75) is 19.1 Å². The summed E-state index contributed by atoms with van der Waals surface area (Å²) >= 11 is 0. The lowest BCUT2D eigenvalue weighted by atomic mass is 10.0. The van der Waals surface area contributed by atoms with Gasteiger partial charge < -0.3 is 19.2 Å².